The van der Waals surface area contributed by atoms with Gasteiger partial charge in [-0.1, -0.05) is 35.0 Å². The molecule has 0 bridgehead atoms. The first-order chi connectivity index (χ1) is 14.6. The van der Waals surface area contributed by atoms with Crippen molar-refractivity contribution in [2.24, 2.45) is 0 Å². The number of methoxy groups -OCH3 is 1. The van der Waals surface area contributed by atoms with Crippen molar-refractivity contribution in [3.63, 3.8) is 0 Å². The molecule has 2 aromatic carbocycles. The summed E-state index contributed by atoms with van der Waals surface area (Å²) in [6.45, 7) is 4.53. The van der Waals surface area contributed by atoms with Gasteiger partial charge >= 0.3 is 5.97 Å². The van der Waals surface area contributed by atoms with Crippen molar-refractivity contribution >= 4 is 5.97 Å². The standard InChI is InChI=1S/C23H25N3O4/c1-16-3-9-19(10-4-16)29-20-11-13-26(14-12-20)15-21-24-22(25-30-21)17-5-7-18(8-6-17)23(27)28-2/h3-10,20H,11-15H2,1-2H3. The normalized spacial score (nSPS) is 15.1. The fraction of sp³-hybridized carbons (Fsp3) is 0.348. The van der Waals surface area contributed by atoms with Gasteiger partial charge in [-0.2, -0.15) is 4.98 Å². The molecule has 4 rings (SSSR count). The van der Waals surface area contributed by atoms with Crippen LogP contribution >= 0.6 is 0 Å². The molecule has 0 amide bonds. The summed E-state index contributed by atoms with van der Waals surface area (Å²) in [5.74, 6) is 1.66. The summed E-state index contributed by atoms with van der Waals surface area (Å²) in [5, 5.41) is 4.07. The molecule has 0 unspecified atom stereocenters. The van der Waals surface area contributed by atoms with Crippen molar-refractivity contribution in [3.05, 3.63) is 65.5 Å². The van der Waals surface area contributed by atoms with Crippen LogP contribution in [0.25, 0.3) is 11.4 Å². The number of rotatable bonds is 6. The average molecular weight is 407 g/mol. The summed E-state index contributed by atoms with van der Waals surface area (Å²) in [6, 6.07) is 15.1. The van der Waals surface area contributed by atoms with Crippen molar-refractivity contribution in [2.45, 2.75) is 32.4 Å². The van der Waals surface area contributed by atoms with Gasteiger partial charge in [-0.3, -0.25) is 4.90 Å². The molecule has 0 saturated carbocycles. The minimum atomic E-state index is -0.370. The van der Waals surface area contributed by atoms with Crippen LogP contribution in [0.15, 0.2) is 53.1 Å². The summed E-state index contributed by atoms with van der Waals surface area (Å²) >= 11 is 0. The van der Waals surface area contributed by atoms with Gasteiger partial charge in [0.1, 0.15) is 11.9 Å². The van der Waals surface area contributed by atoms with E-state index >= 15 is 0 Å². The van der Waals surface area contributed by atoms with Crippen molar-refractivity contribution < 1.29 is 18.8 Å². The second kappa shape index (κ2) is 9.09. The molecule has 156 valence electrons. The Morgan fingerprint density at radius 1 is 1.10 bits per heavy atom. The molecule has 0 atom stereocenters. The molecule has 0 N–H and O–H groups in total. The maximum absolute atomic E-state index is 11.5. The van der Waals surface area contributed by atoms with Gasteiger partial charge in [0.25, 0.3) is 0 Å². The zero-order chi connectivity index (χ0) is 20.9. The highest BCUT2D eigenvalue weighted by Gasteiger charge is 2.22. The van der Waals surface area contributed by atoms with E-state index < -0.39 is 0 Å². The fourth-order valence-corrected chi connectivity index (χ4v) is 3.50. The second-order valence-electron chi connectivity index (χ2n) is 7.49. The van der Waals surface area contributed by atoms with Gasteiger partial charge in [0, 0.05) is 18.7 Å². The molecule has 7 nitrogen and oxygen atoms in total. The van der Waals surface area contributed by atoms with Crippen LogP contribution < -0.4 is 4.74 Å². The first-order valence-corrected chi connectivity index (χ1v) is 10.1. The highest BCUT2D eigenvalue weighted by molar-refractivity contribution is 5.89. The van der Waals surface area contributed by atoms with Crippen LogP contribution in [0.3, 0.4) is 0 Å². The summed E-state index contributed by atoms with van der Waals surface area (Å²) in [6.07, 6.45) is 2.16. The van der Waals surface area contributed by atoms with Gasteiger partial charge < -0.3 is 14.0 Å². The quantitative estimate of drug-likeness (QED) is 0.574. The fourth-order valence-electron chi connectivity index (χ4n) is 3.50. The van der Waals surface area contributed by atoms with Crippen molar-refractivity contribution in [1.82, 2.24) is 15.0 Å². The SMILES string of the molecule is COC(=O)c1ccc(-c2noc(CN3CCC(Oc4ccc(C)cc4)CC3)n2)cc1. The van der Waals surface area contributed by atoms with Gasteiger partial charge in [-0.25, -0.2) is 4.79 Å². The third kappa shape index (κ3) is 4.86. The molecule has 0 radical (unpaired) electrons. The van der Waals surface area contributed by atoms with Crippen LogP contribution in [-0.4, -0.2) is 47.3 Å². The molecular formula is C23H25N3O4. The molecule has 1 aliphatic rings. The van der Waals surface area contributed by atoms with Crippen LogP contribution in [0, 0.1) is 6.92 Å². The van der Waals surface area contributed by atoms with E-state index in [9.17, 15) is 4.79 Å². The number of aromatic nitrogens is 2. The molecule has 1 fully saturated rings. The molecule has 30 heavy (non-hydrogen) atoms. The molecule has 2 heterocycles. The molecule has 3 aromatic rings. The molecule has 1 aliphatic heterocycles. The Morgan fingerprint density at radius 2 is 1.80 bits per heavy atom. The van der Waals surface area contributed by atoms with Crippen molar-refractivity contribution in [1.29, 1.82) is 0 Å². The molecule has 0 aliphatic carbocycles. The third-order valence-electron chi connectivity index (χ3n) is 5.25. The molecule has 1 saturated heterocycles. The van der Waals surface area contributed by atoms with E-state index in [1.54, 1.807) is 24.3 Å². The van der Waals surface area contributed by atoms with E-state index in [0.29, 0.717) is 23.8 Å². The van der Waals surface area contributed by atoms with E-state index in [1.165, 1.54) is 12.7 Å². The minimum absolute atomic E-state index is 0.232. The van der Waals surface area contributed by atoms with Crippen LogP contribution in [0.5, 0.6) is 5.75 Å². The van der Waals surface area contributed by atoms with Gasteiger partial charge in [0.2, 0.25) is 11.7 Å². The van der Waals surface area contributed by atoms with E-state index in [1.807, 2.05) is 12.1 Å². The average Bonchev–Trinajstić information content (AvgIpc) is 3.25. The smallest absolute Gasteiger partial charge is 0.337 e. The number of carbonyl (C=O) groups is 1. The van der Waals surface area contributed by atoms with Crippen LogP contribution in [0.2, 0.25) is 0 Å². The lowest BCUT2D eigenvalue weighted by Gasteiger charge is -2.31. The van der Waals surface area contributed by atoms with Crippen LogP contribution in [0.4, 0.5) is 0 Å². The number of aryl methyl sites for hydroxylation is 1. The summed E-state index contributed by atoms with van der Waals surface area (Å²) in [4.78, 5) is 18.3. The van der Waals surface area contributed by atoms with Crippen LogP contribution in [0.1, 0.15) is 34.7 Å². The number of esters is 1. The Labute approximate surface area is 175 Å². The Balaban J connectivity index is 1.29. The molecule has 7 heteroatoms. The minimum Gasteiger partial charge on any atom is -0.490 e. The molecule has 1 aromatic heterocycles. The number of piperidine rings is 1. The Morgan fingerprint density at radius 3 is 2.47 bits per heavy atom. The van der Waals surface area contributed by atoms with Crippen molar-refractivity contribution in [3.8, 4) is 17.1 Å². The largest absolute Gasteiger partial charge is 0.490 e. The summed E-state index contributed by atoms with van der Waals surface area (Å²) in [7, 11) is 1.36. The predicted molar refractivity (Wildman–Crippen MR) is 111 cm³/mol. The van der Waals surface area contributed by atoms with Gasteiger partial charge in [-0.15, -0.1) is 0 Å². The lowest BCUT2D eigenvalue weighted by atomic mass is 10.1. The lowest BCUT2D eigenvalue weighted by molar-refractivity contribution is 0.0600. The summed E-state index contributed by atoms with van der Waals surface area (Å²) in [5.41, 5.74) is 2.51. The zero-order valence-electron chi connectivity index (χ0n) is 17.2. The van der Waals surface area contributed by atoms with E-state index in [4.69, 9.17) is 14.0 Å². The van der Waals surface area contributed by atoms with E-state index in [2.05, 4.69) is 34.1 Å². The van der Waals surface area contributed by atoms with Crippen molar-refractivity contribution in [2.75, 3.05) is 20.2 Å². The molecule has 0 spiro atoms. The highest BCUT2D eigenvalue weighted by atomic mass is 16.5. The topological polar surface area (TPSA) is 77.7 Å². The van der Waals surface area contributed by atoms with Crippen LogP contribution in [-0.2, 0) is 11.3 Å². The predicted octanol–water partition coefficient (Wildman–Crippen LogP) is 3.88. The lowest BCUT2D eigenvalue weighted by Crippen LogP contribution is -2.37. The zero-order valence-corrected chi connectivity index (χ0v) is 17.2. The number of carbonyl (C=O) groups excluding carboxylic acids is 1. The van der Waals surface area contributed by atoms with Gasteiger partial charge in [0.05, 0.1) is 19.2 Å². The number of likely N-dealkylation sites (tertiary alicyclic amines) is 1. The Hall–Kier alpha value is -3.19. The number of hydrogen-bond acceptors (Lipinski definition) is 7. The molecular weight excluding hydrogens is 382 g/mol. The van der Waals surface area contributed by atoms with Gasteiger partial charge in [-0.05, 0) is 44.0 Å². The first kappa shape index (κ1) is 20.1. The van der Waals surface area contributed by atoms with E-state index in [-0.39, 0.29) is 12.1 Å². The Kier molecular flexibility index (Phi) is 6.09. The van der Waals surface area contributed by atoms with E-state index in [0.717, 1.165) is 37.2 Å². The Bertz CT molecular complexity index is 974. The number of ether oxygens (including phenoxy) is 2. The maximum atomic E-state index is 11.5. The number of nitrogens with zero attached hydrogens (tertiary/aromatic N) is 3. The third-order valence-corrected chi connectivity index (χ3v) is 5.25. The number of hydrogen-bond donors (Lipinski definition) is 0. The maximum Gasteiger partial charge on any atom is 0.337 e. The summed E-state index contributed by atoms with van der Waals surface area (Å²) < 4.78 is 16.2. The second-order valence-corrected chi connectivity index (χ2v) is 7.49. The van der Waals surface area contributed by atoms with Gasteiger partial charge in [0.15, 0.2) is 0 Å². The monoisotopic (exact) mass is 407 g/mol. The first-order valence-electron chi connectivity index (χ1n) is 10.1. The highest BCUT2D eigenvalue weighted by Crippen LogP contribution is 2.22. The number of benzene rings is 2.